The van der Waals surface area contributed by atoms with E-state index in [-0.39, 0.29) is 28.9 Å². The van der Waals surface area contributed by atoms with Crippen LogP contribution in [0.2, 0.25) is 0 Å². The highest BCUT2D eigenvalue weighted by atomic mass is 19.4. The molecule has 3 aromatic carbocycles. The van der Waals surface area contributed by atoms with E-state index in [2.05, 4.69) is 20.7 Å². The van der Waals surface area contributed by atoms with Crippen LogP contribution in [0.15, 0.2) is 85.1 Å². The summed E-state index contributed by atoms with van der Waals surface area (Å²) in [5.41, 5.74) is 9.45. The van der Waals surface area contributed by atoms with Gasteiger partial charge < -0.3 is 26.0 Å². The van der Waals surface area contributed by atoms with E-state index in [4.69, 9.17) is 10.5 Å². The Morgan fingerprint density at radius 2 is 1.64 bits per heavy atom. The lowest BCUT2D eigenvalue weighted by atomic mass is 10.1. The molecule has 47 heavy (non-hydrogen) atoms. The van der Waals surface area contributed by atoms with Gasteiger partial charge in [-0.15, -0.1) is 5.10 Å². The average Bonchev–Trinajstić information content (AvgIpc) is 3.74. The van der Waals surface area contributed by atoms with Gasteiger partial charge in [0, 0.05) is 36.1 Å². The van der Waals surface area contributed by atoms with E-state index < -0.39 is 30.5 Å². The maximum atomic E-state index is 13.2. The Kier molecular flexibility index (Phi) is 8.76. The van der Waals surface area contributed by atoms with Crippen LogP contribution in [-0.2, 0) is 4.79 Å². The zero-order valence-electron chi connectivity index (χ0n) is 24.8. The Hall–Kier alpha value is -5.50. The summed E-state index contributed by atoms with van der Waals surface area (Å²) in [6, 6.07) is 19.3. The number of alkyl halides is 3. The van der Waals surface area contributed by atoms with Gasteiger partial charge in [-0.3, -0.25) is 9.59 Å². The summed E-state index contributed by atoms with van der Waals surface area (Å²) in [6.07, 6.45) is -1.10. The lowest BCUT2D eigenvalue weighted by molar-refractivity contribution is -0.153. The van der Waals surface area contributed by atoms with Gasteiger partial charge in [-0.25, -0.2) is 8.91 Å². The Morgan fingerprint density at radius 3 is 2.34 bits per heavy atom. The first kappa shape index (κ1) is 31.5. The number of benzene rings is 3. The van der Waals surface area contributed by atoms with Crippen LogP contribution in [0.25, 0.3) is 16.8 Å². The number of hydrogen-bond acceptors (Lipinski definition) is 7. The lowest BCUT2D eigenvalue weighted by Crippen LogP contribution is -2.27. The zero-order chi connectivity index (χ0) is 33.1. The Morgan fingerprint density at radius 1 is 0.936 bits per heavy atom. The van der Waals surface area contributed by atoms with Gasteiger partial charge in [0.25, 0.3) is 5.91 Å². The van der Waals surface area contributed by atoms with Crippen molar-refractivity contribution in [2.24, 2.45) is 5.73 Å². The van der Waals surface area contributed by atoms with E-state index in [1.54, 1.807) is 41.4 Å². The van der Waals surface area contributed by atoms with Gasteiger partial charge in [0.2, 0.25) is 11.9 Å². The second kappa shape index (κ2) is 13.1. The summed E-state index contributed by atoms with van der Waals surface area (Å²) < 4.78 is 58.9. The third-order valence-corrected chi connectivity index (χ3v) is 7.59. The number of anilines is 3. The molecule has 1 saturated heterocycles. The second-order valence-electron chi connectivity index (χ2n) is 11.0. The molecular weight excluding hydrogens is 618 g/mol. The van der Waals surface area contributed by atoms with Crippen molar-refractivity contribution in [3.63, 3.8) is 0 Å². The molecule has 5 aromatic rings. The molecule has 6 rings (SSSR count). The molecule has 0 aliphatic carbocycles. The van der Waals surface area contributed by atoms with Crippen molar-refractivity contribution in [3.8, 4) is 16.9 Å². The highest BCUT2D eigenvalue weighted by molar-refractivity contribution is 5.96. The Labute approximate surface area is 266 Å². The van der Waals surface area contributed by atoms with E-state index in [0.717, 1.165) is 24.0 Å². The summed E-state index contributed by atoms with van der Waals surface area (Å²) in [5.74, 6) is -1.19. The van der Waals surface area contributed by atoms with Crippen LogP contribution >= 0.6 is 0 Å². The number of rotatable bonds is 9. The molecule has 14 heteroatoms. The fourth-order valence-electron chi connectivity index (χ4n) is 5.16. The molecule has 0 radical (unpaired) electrons. The van der Waals surface area contributed by atoms with Crippen LogP contribution in [-0.4, -0.2) is 57.2 Å². The van der Waals surface area contributed by atoms with Gasteiger partial charge in [-0.2, -0.15) is 18.2 Å². The van der Waals surface area contributed by atoms with Crippen molar-refractivity contribution >= 4 is 34.8 Å². The van der Waals surface area contributed by atoms with Gasteiger partial charge >= 0.3 is 6.18 Å². The molecule has 1 aliphatic heterocycles. The predicted molar refractivity (Wildman–Crippen MR) is 167 cm³/mol. The van der Waals surface area contributed by atoms with E-state index in [1.807, 2.05) is 6.07 Å². The third-order valence-electron chi connectivity index (χ3n) is 7.59. The summed E-state index contributed by atoms with van der Waals surface area (Å²) in [5, 5.41) is 10.1. The van der Waals surface area contributed by atoms with Crippen molar-refractivity contribution in [3.05, 3.63) is 102 Å². The number of ether oxygens (including phenoxy) is 1. The fourth-order valence-corrected chi connectivity index (χ4v) is 5.16. The molecule has 1 unspecified atom stereocenters. The van der Waals surface area contributed by atoms with E-state index in [0.29, 0.717) is 30.0 Å². The molecule has 2 aromatic heterocycles. The average molecular weight is 648 g/mol. The molecule has 3 heterocycles. The molecule has 242 valence electrons. The Balaban J connectivity index is 1.17. The number of carbonyl (C=O) groups excluding carboxylic acids is 2. The van der Waals surface area contributed by atoms with Gasteiger partial charge in [0.15, 0.2) is 12.3 Å². The van der Waals surface area contributed by atoms with Crippen molar-refractivity contribution < 1.29 is 31.9 Å². The number of nitrogens with zero attached hydrogens (tertiary/aromatic N) is 4. The summed E-state index contributed by atoms with van der Waals surface area (Å²) in [7, 11) is 0. The maximum Gasteiger partial charge on any atom is 0.422 e. The van der Waals surface area contributed by atoms with Crippen molar-refractivity contribution in [2.45, 2.75) is 25.1 Å². The molecular formula is C33H29F4N7O3. The molecule has 0 saturated carbocycles. The van der Waals surface area contributed by atoms with Gasteiger partial charge in [-0.1, -0.05) is 24.3 Å². The van der Waals surface area contributed by atoms with Gasteiger partial charge in [0.1, 0.15) is 17.6 Å². The van der Waals surface area contributed by atoms with Crippen molar-refractivity contribution in [1.29, 1.82) is 0 Å². The van der Waals surface area contributed by atoms with Gasteiger partial charge in [-0.05, 0) is 78.6 Å². The first-order chi connectivity index (χ1) is 22.5. The minimum atomic E-state index is -4.58. The number of nitrogens with two attached hydrogens (primary N) is 1. The monoisotopic (exact) mass is 647 g/mol. The zero-order valence-corrected chi connectivity index (χ0v) is 24.8. The molecule has 4 N–H and O–H groups in total. The largest absolute Gasteiger partial charge is 0.482 e. The number of halogens is 4. The molecule has 0 spiro atoms. The highest BCUT2D eigenvalue weighted by Gasteiger charge is 2.29. The quantitative estimate of drug-likeness (QED) is 0.165. The standard InChI is InChI=1S/C33H29F4N7O3/c34-24-9-3-21(4-10-24)29(38)30(45)39-25-11-5-20(6-12-25)23-8-14-28-41-32(42-44(28)18-23)40-26-13-7-22(31(46)43-15-1-2-16-43)17-27(26)47-19-33(35,36)37/h3-14,17-18,29H,1-2,15-16,19,38H2,(H,39,45)(H,40,42). The van der Waals surface area contributed by atoms with Crippen LogP contribution < -0.4 is 21.1 Å². The summed E-state index contributed by atoms with van der Waals surface area (Å²) in [4.78, 5) is 31.5. The topological polar surface area (TPSA) is 127 Å². The minimum absolute atomic E-state index is 0.105. The number of amides is 2. The van der Waals surface area contributed by atoms with E-state index in [1.165, 1.54) is 47.0 Å². The maximum absolute atomic E-state index is 13.2. The molecule has 1 fully saturated rings. The number of nitrogens with one attached hydrogen (secondary N) is 2. The smallest absolute Gasteiger partial charge is 0.422 e. The highest BCUT2D eigenvalue weighted by Crippen LogP contribution is 2.31. The van der Waals surface area contributed by atoms with Crippen LogP contribution in [0.4, 0.5) is 34.9 Å². The van der Waals surface area contributed by atoms with E-state index in [9.17, 15) is 27.2 Å². The Bertz CT molecular complexity index is 1900. The normalized spacial score (nSPS) is 13.9. The van der Waals surface area contributed by atoms with Crippen molar-refractivity contribution in [1.82, 2.24) is 19.5 Å². The molecule has 2 amide bonds. The minimum Gasteiger partial charge on any atom is -0.482 e. The van der Waals surface area contributed by atoms with Crippen LogP contribution in [0.1, 0.15) is 34.8 Å². The predicted octanol–water partition coefficient (Wildman–Crippen LogP) is 6.09. The number of aromatic nitrogens is 3. The van der Waals surface area contributed by atoms with E-state index >= 15 is 0 Å². The lowest BCUT2D eigenvalue weighted by Gasteiger charge is -2.18. The van der Waals surface area contributed by atoms with Crippen LogP contribution in [0, 0.1) is 5.82 Å². The van der Waals surface area contributed by atoms with Crippen molar-refractivity contribution in [2.75, 3.05) is 30.3 Å². The number of pyridine rings is 1. The number of fused-ring (bicyclic) bond motifs is 1. The summed E-state index contributed by atoms with van der Waals surface area (Å²) >= 11 is 0. The molecule has 0 bridgehead atoms. The van der Waals surface area contributed by atoms with Gasteiger partial charge in [0.05, 0.1) is 5.69 Å². The molecule has 1 aliphatic rings. The number of likely N-dealkylation sites (tertiary alicyclic amines) is 1. The molecule has 10 nitrogen and oxygen atoms in total. The number of carbonyl (C=O) groups is 2. The van der Waals surface area contributed by atoms with Crippen LogP contribution in [0.3, 0.4) is 0 Å². The fraction of sp³-hybridized carbons (Fsp3) is 0.212. The van der Waals surface area contributed by atoms with Crippen LogP contribution in [0.5, 0.6) is 5.75 Å². The first-order valence-electron chi connectivity index (χ1n) is 14.7. The first-order valence-corrected chi connectivity index (χ1v) is 14.7. The SMILES string of the molecule is NC(C(=O)Nc1ccc(-c2ccc3nc(Nc4ccc(C(=O)N5CCCC5)cc4OCC(F)(F)F)nn3c2)cc1)c1ccc(F)cc1. The second-order valence-corrected chi connectivity index (χ2v) is 11.0. The molecule has 1 atom stereocenters. The third kappa shape index (κ3) is 7.49. The number of hydrogen-bond donors (Lipinski definition) is 3. The summed E-state index contributed by atoms with van der Waals surface area (Å²) in [6.45, 7) is -0.341.